The highest BCUT2D eigenvalue weighted by atomic mass is 16.4. The van der Waals surface area contributed by atoms with Gasteiger partial charge in [-0.3, -0.25) is 9.59 Å². The molecule has 0 aliphatic carbocycles. The molecule has 0 unspecified atom stereocenters. The maximum atomic E-state index is 11.4. The first-order chi connectivity index (χ1) is 6.75. The molecule has 0 atom stereocenters. The van der Waals surface area contributed by atoms with Gasteiger partial charge in [-0.1, -0.05) is 13.8 Å². The fraction of sp³-hybridized carbons (Fsp3) is 0.818. The van der Waals surface area contributed by atoms with Crippen LogP contribution in [0.3, 0.4) is 0 Å². The number of carboxylic acids is 1. The van der Waals surface area contributed by atoms with Crippen molar-refractivity contribution in [1.82, 2.24) is 5.32 Å². The molecule has 0 aromatic carbocycles. The first kappa shape index (κ1) is 13.9. The molecule has 1 amide bonds. The Balaban J connectivity index is 3.89. The quantitative estimate of drug-likeness (QED) is 0.708. The molecule has 0 aliphatic heterocycles. The average molecular weight is 215 g/mol. The van der Waals surface area contributed by atoms with E-state index in [2.05, 4.69) is 19.2 Å². The van der Waals surface area contributed by atoms with E-state index < -0.39 is 11.4 Å². The summed E-state index contributed by atoms with van der Waals surface area (Å²) in [5.74, 6) is -0.595. The minimum absolute atomic E-state index is 0.0282. The number of nitrogens with one attached hydrogen (secondary N) is 1. The molecule has 0 aliphatic rings. The number of carbonyl (C=O) groups excluding carboxylic acids is 1. The van der Waals surface area contributed by atoms with E-state index >= 15 is 0 Å². The lowest BCUT2D eigenvalue weighted by molar-refractivity contribution is -0.149. The maximum Gasteiger partial charge on any atom is 0.309 e. The molecular formula is C11H21NO3. The summed E-state index contributed by atoms with van der Waals surface area (Å²) in [5.41, 5.74) is -0.984. The van der Waals surface area contributed by atoms with Crippen LogP contribution in [0.2, 0.25) is 0 Å². The van der Waals surface area contributed by atoms with Crippen molar-refractivity contribution in [3.05, 3.63) is 0 Å². The molecule has 0 saturated carbocycles. The Bertz CT molecular complexity index is 234. The van der Waals surface area contributed by atoms with Crippen molar-refractivity contribution >= 4 is 11.9 Å². The van der Waals surface area contributed by atoms with E-state index in [9.17, 15) is 9.59 Å². The zero-order valence-corrected chi connectivity index (χ0v) is 9.96. The van der Waals surface area contributed by atoms with E-state index in [0.717, 1.165) is 6.42 Å². The molecule has 0 saturated heterocycles. The Morgan fingerprint density at radius 3 is 2.27 bits per heavy atom. The summed E-state index contributed by atoms with van der Waals surface area (Å²) in [7, 11) is 0. The van der Waals surface area contributed by atoms with Gasteiger partial charge in [0, 0.05) is 13.0 Å². The van der Waals surface area contributed by atoms with Gasteiger partial charge < -0.3 is 10.4 Å². The van der Waals surface area contributed by atoms with E-state index in [-0.39, 0.29) is 12.3 Å². The number of hydrogen-bond acceptors (Lipinski definition) is 2. The SMILES string of the molecule is CC(C)CCNC(=O)CC(C)(C)C(=O)O. The highest BCUT2D eigenvalue weighted by Gasteiger charge is 2.29. The third-order valence-electron chi connectivity index (χ3n) is 2.23. The minimum Gasteiger partial charge on any atom is -0.481 e. The predicted octanol–water partition coefficient (Wildman–Crippen LogP) is 1.65. The second-order valence-electron chi connectivity index (χ2n) is 4.90. The predicted molar refractivity (Wildman–Crippen MR) is 58.5 cm³/mol. The molecule has 15 heavy (non-hydrogen) atoms. The van der Waals surface area contributed by atoms with Crippen molar-refractivity contribution < 1.29 is 14.7 Å². The Hall–Kier alpha value is -1.06. The molecule has 2 N–H and O–H groups in total. The van der Waals surface area contributed by atoms with Crippen LogP contribution in [-0.4, -0.2) is 23.5 Å². The van der Waals surface area contributed by atoms with Gasteiger partial charge in [0.25, 0.3) is 0 Å². The highest BCUT2D eigenvalue weighted by Crippen LogP contribution is 2.19. The number of carboxylic acid groups (broad SMARTS) is 1. The third-order valence-corrected chi connectivity index (χ3v) is 2.23. The van der Waals surface area contributed by atoms with Crippen LogP contribution in [0.15, 0.2) is 0 Å². The number of hydrogen-bond donors (Lipinski definition) is 2. The Morgan fingerprint density at radius 1 is 1.33 bits per heavy atom. The molecule has 0 radical (unpaired) electrons. The molecule has 88 valence electrons. The second-order valence-corrected chi connectivity index (χ2v) is 4.90. The van der Waals surface area contributed by atoms with Gasteiger partial charge >= 0.3 is 5.97 Å². The smallest absolute Gasteiger partial charge is 0.309 e. The Kier molecular flexibility index (Phi) is 5.33. The largest absolute Gasteiger partial charge is 0.481 e. The van der Waals surface area contributed by atoms with Crippen molar-refractivity contribution in [2.24, 2.45) is 11.3 Å². The summed E-state index contributed by atoms with van der Waals surface area (Å²) < 4.78 is 0. The topological polar surface area (TPSA) is 66.4 Å². The fourth-order valence-electron chi connectivity index (χ4n) is 1.04. The van der Waals surface area contributed by atoms with Crippen molar-refractivity contribution in [2.75, 3.05) is 6.54 Å². The van der Waals surface area contributed by atoms with E-state index in [1.165, 1.54) is 0 Å². The summed E-state index contributed by atoms with van der Waals surface area (Å²) in [4.78, 5) is 22.1. The minimum atomic E-state index is -0.984. The molecular weight excluding hydrogens is 194 g/mol. The molecule has 0 spiro atoms. The summed E-state index contributed by atoms with van der Waals surface area (Å²) in [5, 5.41) is 11.5. The molecule has 0 bridgehead atoms. The van der Waals surface area contributed by atoms with Gasteiger partial charge in [-0.25, -0.2) is 0 Å². The summed E-state index contributed by atoms with van der Waals surface area (Å²) in [6, 6.07) is 0. The van der Waals surface area contributed by atoms with E-state index in [1.54, 1.807) is 13.8 Å². The molecule has 0 rings (SSSR count). The average Bonchev–Trinajstić information content (AvgIpc) is 2.01. The van der Waals surface area contributed by atoms with Crippen molar-refractivity contribution in [2.45, 2.75) is 40.5 Å². The van der Waals surface area contributed by atoms with Crippen LogP contribution in [-0.2, 0) is 9.59 Å². The van der Waals surface area contributed by atoms with Gasteiger partial charge in [0.15, 0.2) is 0 Å². The lowest BCUT2D eigenvalue weighted by Crippen LogP contribution is -2.34. The Labute approximate surface area is 91.1 Å². The van der Waals surface area contributed by atoms with Crippen LogP contribution in [0.4, 0.5) is 0 Å². The third kappa shape index (κ3) is 6.10. The van der Waals surface area contributed by atoms with Gasteiger partial charge in [-0.2, -0.15) is 0 Å². The van der Waals surface area contributed by atoms with Gasteiger partial charge in [-0.15, -0.1) is 0 Å². The van der Waals surface area contributed by atoms with E-state index in [0.29, 0.717) is 12.5 Å². The number of rotatable bonds is 6. The second kappa shape index (κ2) is 5.73. The maximum absolute atomic E-state index is 11.4. The van der Waals surface area contributed by atoms with Crippen molar-refractivity contribution in [1.29, 1.82) is 0 Å². The molecule has 0 heterocycles. The number of aliphatic carboxylic acids is 1. The number of amides is 1. The summed E-state index contributed by atoms with van der Waals surface area (Å²) in [6.45, 7) is 7.88. The van der Waals surface area contributed by atoms with Crippen LogP contribution in [0, 0.1) is 11.3 Å². The highest BCUT2D eigenvalue weighted by molar-refractivity contribution is 5.84. The zero-order chi connectivity index (χ0) is 12.1. The van der Waals surface area contributed by atoms with Crippen LogP contribution in [0.1, 0.15) is 40.5 Å². The van der Waals surface area contributed by atoms with Gasteiger partial charge in [-0.05, 0) is 26.2 Å². The summed E-state index contributed by atoms with van der Waals surface area (Å²) >= 11 is 0. The van der Waals surface area contributed by atoms with E-state index in [1.807, 2.05) is 0 Å². The lowest BCUT2D eigenvalue weighted by atomic mass is 9.89. The van der Waals surface area contributed by atoms with E-state index in [4.69, 9.17) is 5.11 Å². The first-order valence-corrected chi connectivity index (χ1v) is 5.26. The van der Waals surface area contributed by atoms with Crippen LogP contribution < -0.4 is 5.32 Å². The first-order valence-electron chi connectivity index (χ1n) is 5.26. The number of carbonyl (C=O) groups is 2. The van der Waals surface area contributed by atoms with Crippen LogP contribution in [0.5, 0.6) is 0 Å². The summed E-state index contributed by atoms with van der Waals surface area (Å²) in [6.07, 6.45) is 0.944. The Morgan fingerprint density at radius 2 is 1.87 bits per heavy atom. The molecule has 0 aromatic heterocycles. The van der Waals surface area contributed by atoms with Gasteiger partial charge in [0.1, 0.15) is 0 Å². The monoisotopic (exact) mass is 215 g/mol. The van der Waals surface area contributed by atoms with Crippen LogP contribution >= 0.6 is 0 Å². The van der Waals surface area contributed by atoms with Crippen molar-refractivity contribution in [3.8, 4) is 0 Å². The molecule has 4 nitrogen and oxygen atoms in total. The standard InChI is InChI=1S/C11H21NO3/c1-8(2)5-6-12-9(13)7-11(3,4)10(14)15/h8H,5-7H2,1-4H3,(H,12,13)(H,14,15). The molecule has 0 aromatic rings. The van der Waals surface area contributed by atoms with Gasteiger partial charge in [0.2, 0.25) is 5.91 Å². The lowest BCUT2D eigenvalue weighted by Gasteiger charge is -2.18. The zero-order valence-electron chi connectivity index (χ0n) is 9.96. The molecule has 4 heteroatoms. The van der Waals surface area contributed by atoms with Crippen LogP contribution in [0.25, 0.3) is 0 Å². The molecule has 0 fully saturated rings. The van der Waals surface area contributed by atoms with Crippen molar-refractivity contribution in [3.63, 3.8) is 0 Å². The normalized spacial score (nSPS) is 11.5. The van der Waals surface area contributed by atoms with Gasteiger partial charge in [0.05, 0.1) is 5.41 Å². The fourth-order valence-corrected chi connectivity index (χ4v) is 1.04.